The fourth-order valence-electron chi connectivity index (χ4n) is 2.59. The Morgan fingerprint density at radius 1 is 0.727 bits per heavy atom. The Hall–Kier alpha value is -1.59. The largest absolute Gasteiger partial charge is 0.481 e. The van der Waals surface area contributed by atoms with Crippen molar-refractivity contribution in [3.8, 4) is 0 Å². The Kier molecular flexibility index (Phi) is 11.1. The van der Waals surface area contributed by atoms with Gasteiger partial charge in [0.15, 0.2) is 0 Å². The van der Waals surface area contributed by atoms with Gasteiger partial charge in [-0.2, -0.15) is 0 Å². The first-order chi connectivity index (χ1) is 10.4. The number of hydrogen-bond acceptors (Lipinski definition) is 3. The van der Waals surface area contributed by atoms with Crippen LogP contribution < -0.4 is 0 Å². The van der Waals surface area contributed by atoms with Crippen LogP contribution in [0.25, 0.3) is 0 Å². The van der Waals surface area contributed by atoms with Gasteiger partial charge in [-0.15, -0.1) is 0 Å². The normalized spacial score (nSPS) is 13.5. The van der Waals surface area contributed by atoms with Crippen LogP contribution in [0.15, 0.2) is 0 Å². The van der Waals surface area contributed by atoms with Gasteiger partial charge in [0.25, 0.3) is 0 Å². The molecule has 128 valence electrons. The number of aliphatic carboxylic acids is 3. The van der Waals surface area contributed by atoms with E-state index in [1.54, 1.807) is 0 Å². The molecule has 6 nitrogen and oxygen atoms in total. The number of hydrogen-bond donors (Lipinski definition) is 3. The summed E-state index contributed by atoms with van der Waals surface area (Å²) >= 11 is 0. The summed E-state index contributed by atoms with van der Waals surface area (Å²) in [6.45, 7) is 2.14. The highest BCUT2D eigenvalue weighted by molar-refractivity contribution is 5.80. The lowest BCUT2D eigenvalue weighted by Gasteiger charge is -2.19. The van der Waals surface area contributed by atoms with Crippen LogP contribution in [0, 0.1) is 11.8 Å². The fourth-order valence-corrected chi connectivity index (χ4v) is 2.59. The second kappa shape index (κ2) is 12.0. The third-order valence-electron chi connectivity index (χ3n) is 3.91. The Morgan fingerprint density at radius 2 is 1.18 bits per heavy atom. The maximum atomic E-state index is 11.3. The van der Waals surface area contributed by atoms with Gasteiger partial charge in [-0.25, -0.2) is 0 Å². The molecule has 0 fully saturated rings. The van der Waals surface area contributed by atoms with Gasteiger partial charge >= 0.3 is 17.9 Å². The first-order valence-corrected chi connectivity index (χ1v) is 8.07. The number of carboxylic acids is 3. The maximum absolute atomic E-state index is 11.3. The van der Waals surface area contributed by atoms with Crippen LogP contribution in [0.3, 0.4) is 0 Å². The van der Waals surface area contributed by atoms with Crippen molar-refractivity contribution >= 4 is 17.9 Å². The van der Waals surface area contributed by atoms with Gasteiger partial charge in [0.05, 0.1) is 11.8 Å². The zero-order valence-corrected chi connectivity index (χ0v) is 13.3. The Balaban J connectivity index is 4.28. The van der Waals surface area contributed by atoms with Crippen LogP contribution in [0.1, 0.15) is 71.1 Å². The lowest BCUT2D eigenvalue weighted by atomic mass is 9.84. The van der Waals surface area contributed by atoms with E-state index in [-0.39, 0.29) is 12.8 Å². The lowest BCUT2D eigenvalue weighted by molar-refractivity contribution is -0.155. The first kappa shape index (κ1) is 20.4. The van der Waals surface area contributed by atoms with Gasteiger partial charge in [-0.3, -0.25) is 14.4 Å². The van der Waals surface area contributed by atoms with E-state index >= 15 is 0 Å². The molecule has 0 aromatic rings. The molecule has 2 atom stereocenters. The van der Waals surface area contributed by atoms with Gasteiger partial charge in [0.1, 0.15) is 0 Å². The third kappa shape index (κ3) is 9.37. The lowest BCUT2D eigenvalue weighted by Crippen LogP contribution is -2.30. The minimum Gasteiger partial charge on any atom is -0.481 e. The predicted octanol–water partition coefficient (Wildman–Crippen LogP) is 3.39. The van der Waals surface area contributed by atoms with E-state index in [2.05, 4.69) is 6.92 Å². The topological polar surface area (TPSA) is 112 Å². The average molecular weight is 316 g/mol. The highest BCUT2D eigenvalue weighted by Crippen LogP contribution is 2.25. The SMILES string of the molecule is CCCCCCCCCC(C(=O)O)C(CCC(=O)O)C(=O)O. The van der Waals surface area contributed by atoms with E-state index in [1.807, 2.05) is 0 Å². The van der Waals surface area contributed by atoms with Crippen molar-refractivity contribution in [2.24, 2.45) is 11.8 Å². The van der Waals surface area contributed by atoms with E-state index in [1.165, 1.54) is 19.3 Å². The summed E-state index contributed by atoms with van der Waals surface area (Å²) in [5.74, 6) is -5.62. The molecule has 0 saturated carbocycles. The molecule has 0 aromatic carbocycles. The van der Waals surface area contributed by atoms with E-state index in [0.717, 1.165) is 19.3 Å². The summed E-state index contributed by atoms with van der Waals surface area (Å²) in [5.41, 5.74) is 0. The third-order valence-corrected chi connectivity index (χ3v) is 3.91. The summed E-state index contributed by atoms with van der Waals surface area (Å²) in [6.07, 6.45) is 7.08. The van der Waals surface area contributed by atoms with Crippen molar-refractivity contribution in [1.82, 2.24) is 0 Å². The molecular formula is C16H28O6. The second-order valence-electron chi connectivity index (χ2n) is 5.73. The number of carbonyl (C=O) groups is 3. The molecule has 0 aromatic heterocycles. The molecule has 0 amide bonds. The molecule has 0 aliphatic rings. The average Bonchev–Trinajstić information content (AvgIpc) is 2.43. The van der Waals surface area contributed by atoms with Crippen LogP contribution in [0.5, 0.6) is 0 Å². The molecule has 3 N–H and O–H groups in total. The summed E-state index contributed by atoms with van der Waals surface area (Å²) in [6, 6.07) is 0. The first-order valence-electron chi connectivity index (χ1n) is 8.07. The zero-order valence-electron chi connectivity index (χ0n) is 13.3. The monoisotopic (exact) mass is 316 g/mol. The molecule has 0 radical (unpaired) electrons. The van der Waals surface area contributed by atoms with Gasteiger partial charge in [-0.05, 0) is 12.8 Å². The van der Waals surface area contributed by atoms with Crippen molar-refractivity contribution in [3.05, 3.63) is 0 Å². The number of rotatable bonds is 14. The van der Waals surface area contributed by atoms with Gasteiger partial charge in [-0.1, -0.05) is 51.9 Å². The molecule has 0 rings (SSSR count). The van der Waals surface area contributed by atoms with Crippen LogP contribution in [0.2, 0.25) is 0 Å². The van der Waals surface area contributed by atoms with Crippen molar-refractivity contribution in [3.63, 3.8) is 0 Å². The number of carboxylic acid groups (broad SMARTS) is 3. The van der Waals surface area contributed by atoms with Crippen molar-refractivity contribution in [2.45, 2.75) is 71.1 Å². The van der Waals surface area contributed by atoms with Crippen molar-refractivity contribution in [1.29, 1.82) is 0 Å². The molecule has 0 aliphatic carbocycles. The molecule has 0 spiro atoms. The molecule has 0 heterocycles. The summed E-state index contributed by atoms with van der Waals surface area (Å²) < 4.78 is 0. The summed E-state index contributed by atoms with van der Waals surface area (Å²) in [4.78, 5) is 33.1. The number of unbranched alkanes of at least 4 members (excludes halogenated alkanes) is 6. The molecule has 22 heavy (non-hydrogen) atoms. The standard InChI is InChI=1S/C16H28O6/c1-2-3-4-5-6-7-8-9-12(15(19)20)13(16(21)22)10-11-14(17)18/h12-13H,2-11H2,1H3,(H,17,18)(H,19,20)(H,21,22). The van der Waals surface area contributed by atoms with Gasteiger partial charge in [0, 0.05) is 6.42 Å². The van der Waals surface area contributed by atoms with Crippen molar-refractivity contribution < 1.29 is 29.7 Å². The minimum atomic E-state index is -1.23. The van der Waals surface area contributed by atoms with Gasteiger partial charge in [0.2, 0.25) is 0 Å². The van der Waals surface area contributed by atoms with Gasteiger partial charge < -0.3 is 15.3 Å². The molecule has 0 saturated heterocycles. The molecule has 0 aliphatic heterocycles. The highest BCUT2D eigenvalue weighted by Gasteiger charge is 2.33. The van der Waals surface area contributed by atoms with Crippen LogP contribution in [-0.4, -0.2) is 33.2 Å². The quantitative estimate of drug-likeness (QED) is 0.423. The van der Waals surface area contributed by atoms with E-state index < -0.39 is 29.7 Å². The fraction of sp³-hybridized carbons (Fsp3) is 0.812. The summed E-state index contributed by atoms with van der Waals surface area (Å²) in [5, 5.41) is 27.0. The molecule has 2 unspecified atom stereocenters. The van der Waals surface area contributed by atoms with E-state index in [4.69, 9.17) is 10.2 Å². The minimum absolute atomic E-state index is 0.141. The molecule has 6 heteroatoms. The maximum Gasteiger partial charge on any atom is 0.307 e. The molecule has 0 bridgehead atoms. The zero-order chi connectivity index (χ0) is 17.0. The van der Waals surface area contributed by atoms with E-state index in [0.29, 0.717) is 12.8 Å². The Labute approximate surface area is 131 Å². The highest BCUT2D eigenvalue weighted by atomic mass is 16.4. The Bertz CT molecular complexity index is 353. The Morgan fingerprint density at radius 3 is 1.64 bits per heavy atom. The van der Waals surface area contributed by atoms with Crippen molar-refractivity contribution in [2.75, 3.05) is 0 Å². The van der Waals surface area contributed by atoms with E-state index in [9.17, 15) is 19.5 Å². The van der Waals surface area contributed by atoms with Crippen LogP contribution in [-0.2, 0) is 14.4 Å². The second-order valence-corrected chi connectivity index (χ2v) is 5.73. The van der Waals surface area contributed by atoms with Crippen LogP contribution >= 0.6 is 0 Å². The smallest absolute Gasteiger partial charge is 0.307 e. The predicted molar refractivity (Wildman–Crippen MR) is 81.7 cm³/mol. The molecular weight excluding hydrogens is 288 g/mol. The summed E-state index contributed by atoms with van der Waals surface area (Å²) in [7, 11) is 0. The van der Waals surface area contributed by atoms with Crippen LogP contribution in [0.4, 0.5) is 0 Å².